The van der Waals surface area contributed by atoms with Crippen LogP contribution in [0.5, 0.6) is 5.75 Å². The van der Waals surface area contributed by atoms with Gasteiger partial charge in [-0.3, -0.25) is 4.79 Å². The minimum atomic E-state index is 0.792. The fourth-order valence-electron chi connectivity index (χ4n) is 3.08. The summed E-state index contributed by atoms with van der Waals surface area (Å²) in [5, 5.41) is 3.25. The van der Waals surface area contributed by atoms with Crippen LogP contribution >= 0.6 is 0 Å². The molecule has 0 radical (unpaired) electrons. The van der Waals surface area contributed by atoms with Crippen LogP contribution < -0.4 is 10.1 Å². The predicted molar refractivity (Wildman–Crippen MR) is 129 cm³/mol. The van der Waals surface area contributed by atoms with E-state index in [9.17, 15) is 4.79 Å². The van der Waals surface area contributed by atoms with Crippen molar-refractivity contribution >= 4 is 24.1 Å². The van der Waals surface area contributed by atoms with Gasteiger partial charge in [0.25, 0.3) is 0 Å². The number of methoxy groups -OCH3 is 1. The van der Waals surface area contributed by atoms with Crippen molar-refractivity contribution in [1.29, 1.82) is 0 Å². The Balaban J connectivity index is 0.000000269. The van der Waals surface area contributed by atoms with Crippen molar-refractivity contribution in [2.75, 3.05) is 19.5 Å². The Bertz CT molecular complexity index is 1010. The molecule has 0 amide bonds. The summed E-state index contributed by atoms with van der Waals surface area (Å²) >= 11 is 0. The maximum atomic E-state index is 10.4. The Morgan fingerprint density at radius 2 is 1.63 bits per heavy atom. The second-order valence-corrected chi connectivity index (χ2v) is 7.04. The topological polar surface area (TPSA) is 38.3 Å². The van der Waals surface area contributed by atoms with Crippen LogP contribution in [-0.4, -0.2) is 20.4 Å². The lowest BCUT2D eigenvalue weighted by atomic mass is 10.1. The normalized spacial score (nSPS) is 10.3. The smallest absolute Gasteiger partial charge is 0.150 e. The third kappa shape index (κ3) is 6.35. The van der Waals surface area contributed by atoms with E-state index in [1.165, 1.54) is 22.4 Å². The van der Waals surface area contributed by atoms with Crippen LogP contribution in [0.4, 0.5) is 5.69 Å². The Morgan fingerprint density at radius 3 is 2.23 bits per heavy atom. The number of aryl methyl sites for hydroxylation is 2. The molecular formula is C27H31NO2. The maximum Gasteiger partial charge on any atom is 0.150 e. The first-order valence-corrected chi connectivity index (χ1v) is 10.2. The van der Waals surface area contributed by atoms with E-state index in [-0.39, 0.29) is 0 Å². The zero-order chi connectivity index (χ0) is 21.9. The Hall–Kier alpha value is -3.33. The number of anilines is 1. The van der Waals surface area contributed by atoms with Crippen LogP contribution in [0, 0.1) is 13.8 Å². The van der Waals surface area contributed by atoms with Crippen molar-refractivity contribution in [1.82, 2.24) is 0 Å². The second-order valence-electron chi connectivity index (χ2n) is 7.04. The van der Waals surface area contributed by atoms with Gasteiger partial charge in [-0.1, -0.05) is 61.5 Å². The van der Waals surface area contributed by atoms with Crippen molar-refractivity contribution in [2.24, 2.45) is 0 Å². The van der Waals surface area contributed by atoms with Gasteiger partial charge < -0.3 is 10.1 Å². The standard InChI is InChI=1S/C18H21NO.C9H10O/c1-4-16-11-10-15(13-18(16)19-2)9-8-14-6-5-7-17(12-14)20-3;1-7-4-3-5-9(6-10)8(7)2/h5-13,19H,4H2,1-3H3;3-6H,1-2H3/b9-8+;. The number of benzene rings is 3. The quantitative estimate of drug-likeness (QED) is 0.374. The first-order valence-electron chi connectivity index (χ1n) is 10.2. The molecule has 0 unspecified atom stereocenters. The molecular weight excluding hydrogens is 370 g/mol. The number of rotatable bonds is 6. The first-order chi connectivity index (χ1) is 14.5. The number of hydrogen-bond acceptors (Lipinski definition) is 3. The molecule has 1 N–H and O–H groups in total. The van der Waals surface area contributed by atoms with Gasteiger partial charge in [0.2, 0.25) is 0 Å². The Kier molecular flexibility index (Phi) is 8.89. The molecule has 3 rings (SSSR count). The number of carbonyl (C=O) groups is 1. The molecule has 0 saturated heterocycles. The van der Waals surface area contributed by atoms with E-state index in [4.69, 9.17) is 4.74 Å². The minimum Gasteiger partial charge on any atom is -0.497 e. The summed E-state index contributed by atoms with van der Waals surface area (Å²) in [6.45, 7) is 6.13. The van der Waals surface area contributed by atoms with Gasteiger partial charge in [0, 0.05) is 18.3 Å². The summed E-state index contributed by atoms with van der Waals surface area (Å²) in [6, 6.07) is 20.3. The van der Waals surface area contributed by atoms with Crippen LogP contribution in [0.15, 0.2) is 60.7 Å². The third-order valence-electron chi connectivity index (χ3n) is 5.12. The second kappa shape index (κ2) is 11.6. The van der Waals surface area contributed by atoms with Crippen molar-refractivity contribution in [2.45, 2.75) is 27.2 Å². The molecule has 0 aromatic heterocycles. The lowest BCUT2D eigenvalue weighted by Crippen LogP contribution is -1.94. The predicted octanol–water partition coefficient (Wildman–Crippen LogP) is 6.59. The highest BCUT2D eigenvalue weighted by Gasteiger charge is 1.99. The van der Waals surface area contributed by atoms with Gasteiger partial charge >= 0.3 is 0 Å². The van der Waals surface area contributed by atoms with Gasteiger partial charge in [0.1, 0.15) is 12.0 Å². The first kappa shape index (κ1) is 23.0. The van der Waals surface area contributed by atoms with Gasteiger partial charge in [-0.15, -0.1) is 0 Å². The molecule has 0 aliphatic heterocycles. The van der Waals surface area contributed by atoms with Gasteiger partial charge in [0.15, 0.2) is 0 Å². The molecule has 3 aromatic rings. The van der Waals surface area contributed by atoms with E-state index < -0.39 is 0 Å². The van der Waals surface area contributed by atoms with Gasteiger partial charge in [0.05, 0.1) is 7.11 Å². The van der Waals surface area contributed by atoms with Crippen molar-refractivity contribution < 1.29 is 9.53 Å². The third-order valence-corrected chi connectivity index (χ3v) is 5.12. The molecule has 0 spiro atoms. The molecule has 0 saturated carbocycles. The fourth-order valence-corrected chi connectivity index (χ4v) is 3.08. The molecule has 3 heteroatoms. The van der Waals surface area contributed by atoms with Crippen molar-refractivity contribution in [3.8, 4) is 5.75 Å². The highest BCUT2D eigenvalue weighted by Crippen LogP contribution is 2.20. The lowest BCUT2D eigenvalue weighted by molar-refractivity contribution is 0.112. The van der Waals surface area contributed by atoms with Gasteiger partial charge in [-0.2, -0.15) is 0 Å². The number of aldehydes is 1. The maximum absolute atomic E-state index is 10.4. The number of ether oxygens (including phenoxy) is 1. The molecule has 3 aromatic carbocycles. The zero-order valence-electron chi connectivity index (χ0n) is 18.5. The average molecular weight is 402 g/mol. The molecule has 0 aliphatic rings. The van der Waals surface area contributed by atoms with Crippen molar-refractivity contribution in [3.05, 3.63) is 94.0 Å². The molecule has 156 valence electrons. The van der Waals surface area contributed by atoms with Crippen LogP contribution in [0.2, 0.25) is 0 Å². The zero-order valence-corrected chi connectivity index (χ0v) is 18.5. The van der Waals surface area contributed by atoms with Crippen LogP contribution in [0.3, 0.4) is 0 Å². The summed E-state index contributed by atoms with van der Waals surface area (Å²) in [5.74, 6) is 0.879. The molecule has 3 nitrogen and oxygen atoms in total. The summed E-state index contributed by atoms with van der Waals surface area (Å²) < 4.78 is 5.23. The monoisotopic (exact) mass is 401 g/mol. The molecule has 0 fully saturated rings. The number of nitrogens with one attached hydrogen (secondary N) is 1. The molecule has 0 atom stereocenters. The highest BCUT2D eigenvalue weighted by molar-refractivity contribution is 5.77. The van der Waals surface area contributed by atoms with Gasteiger partial charge in [-0.05, 0) is 66.3 Å². The largest absolute Gasteiger partial charge is 0.497 e. The van der Waals surface area contributed by atoms with Crippen LogP contribution in [-0.2, 0) is 6.42 Å². The average Bonchev–Trinajstić information content (AvgIpc) is 2.79. The van der Waals surface area contributed by atoms with E-state index in [1.54, 1.807) is 7.11 Å². The van der Waals surface area contributed by atoms with E-state index in [0.717, 1.165) is 35.1 Å². The van der Waals surface area contributed by atoms with E-state index in [1.807, 2.05) is 57.3 Å². The number of carbonyl (C=O) groups excluding carboxylic acids is 1. The van der Waals surface area contributed by atoms with E-state index >= 15 is 0 Å². The fraction of sp³-hybridized carbons (Fsp3) is 0.222. The minimum absolute atomic E-state index is 0.792. The van der Waals surface area contributed by atoms with Crippen LogP contribution in [0.25, 0.3) is 12.2 Å². The molecule has 0 aliphatic carbocycles. The number of hydrogen-bond donors (Lipinski definition) is 1. The molecule has 30 heavy (non-hydrogen) atoms. The lowest BCUT2D eigenvalue weighted by Gasteiger charge is -2.08. The van der Waals surface area contributed by atoms with E-state index in [2.05, 4.69) is 48.7 Å². The highest BCUT2D eigenvalue weighted by atomic mass is 16.5. The van der Waals surface area contributed by atoms with E-state index in [0.29, 0.717) is 0 Å². The summed E-state index contributed by atoms with van der Waals surface area (Å²) in [4.78, 5) is 10.4. The Morgan fingerprint density at radius 1 is 0.933 bits per heavy atom. The van der Waals surface area contributed by atoms with Gasteiger partial charge in [-0.25, -0.2) is 0 Å². The van der Waals surface area contributed by atoms with Crippen LogP contribution in [0.1, 0.15) is 45.1 Å². The SMILES string of the molecule is CCc1ccc(/C=C/c2cccc(OC)c2)cc1NC.Cc1cccc(C=O)c1C. The molecule has 0 heterocycles. The summed E-state index contributed by atoms with van der Waals surface area (Å²) in [6.07, 6.45) is 6.15. The summed E-state index contributed by atoms with van der Waals surface area (Å²) in [5.41, 5.74) is 7.90. The molecule has 0 bridgehead atoms. The van der Waals surface area contributed by atoms with Crippen molar-refractivity contribution in [3.63, 3.8) is 0 Å². The Labute approximate surface area is 180 Å². The summed E-state index contributed by atoms with van der Waals surface area (Å²) in [7, 11) is 3.65.